The van der Waals surface area contributed by atoms with Crippen molar-refractivity contribution in [3.63, 3.8) is 0 Å². The summed E-state index contributed by atoms with van der Waals surface area (Å²) in [6.07, 6.45) is 5.00. The van der Waals surface area contributed by atoms with Gasteiger partial charge in [-0.15, -0.1) is 0 Å². The van der Waals surface area contributed by atoms with Gasteiger partial charge < -0.3 is 10.1 Å². The van der Waals surface area contributed by atoms with Crippen molar-refractivity contribution < 1.29 is 17.9 Å². The normalized spacial score (nSPS) is 18.9. The van der Waals surface area contributed by atoms with Gasteiger partial charge in [-0.05, 0) is 42.7 Å². The molecule has 2 unspecified atom stereocenters. The lowest BCUT2D eigenvalue weighted by molar-refractivity contribution is 0.138. The van der Waals surface area contributed by atoms with Gasteiger partial charge >= 0.3 is 6.09 Å². The number of hydrogen-bond acceptors (Lipinski definition) is 5. The highest BCUT2D eigenvalue weighted by Gasteiger charge is 2.34. The number of halogens is 1. The first-order chi connectivity index (χ1) is 16.9. The van der Waals surface area contributed by atoms with Gasteiger partial charge in [-0.2, -0.15) is 4.31 Å². The Morgan fingerprint density at radius 1 is 1.17 bits per heavy atom. The Labute approximate surface area is 211 Å². The van der Waals surface area contributed by atoms with Crippen LogP contribution >= 0.6 is 11.6 Å². The summed E-state index contributed by atoms with van der Waals surface area (Å²) in [5.41, 5.74) is 0.934. The number of amides is 1. The Bertz CT molecular complexity index is 1260. The number of sulfonamides is 1. The number of carbonyl (C=O) groups excluding carboxylic acids is 1. The topological polar surface area (TPSA) is 88.6 Å². The van der Waals surface area contributed by atoms with Crippen molar-refractivity contribution in [3.05, 3.63) is 71.5 Å². The molecular weight excluding hydrogens is 486 g/mol. The fourth-order valence-corrected chi connectivity index (χ4v) is 6.62. The van der Waals surface area contributed by atoms with Crippen LogP contribution < -0.4 is 5.32 Å². The maximum Gasteiger partial charge on any atom is 0.407 e. The first kappa shape index (κ1) is 25.4. The largest absolute Gasteiger partial charge is 0.445 e. The van der Waals surface area contributed by atoms with Gasteiger partial charge in [0.2, 0.25) is 10.0 Å². The average molecular weight is 516 g/mol. The monoisotopic (exact) mass is 515 g/mol. The molecule has 9 heteroatoms. The van der Waals surface area contributed by atoms with Crippen molar-refractivity contribution in [3.8, 4) is 0 Å². The summed E-state index contributed by atoms with van der Waals surface area (Å²) in [6, 6.07) is 14.7. The van der Waals surface area contributed by atoms with Crippen molar-refractivity contribution in [1.29, 1.82) is 0 Å². The zero-order valence-corrected chi connectivity index (χ0v) is 21.3. The maximum absolute atomic E-state index is 13.6. The summed E-state index contributed by atoms with van der Waals surface area (Å²) in [4.78, 5) is 16.3. The predicted octanol–water partition coefficient (Wildman–Crippen LogP) is 5.24. The quantitative estimate of drug-likeness (QED) is 0.414. The van der Waals surface area contributed by atoms with Gasteiger partial charge in [0.15, 0.2) is 0 Å². The van der Waals surface area contributed by atoms with Crippen molar-refractivity contribution in [2.45, 2.75) is 37.7 Å². The molecule has 0 bridgehead atoms. The molecule has 2 atom stereocenters. The third kappa shape index (κ3) is 6.12. The lowest BCUT2D eigenvalue weighted by Gasteiger charge is -2.36. The molecule has 1 saturated heterocycles. The van der Waals surface area contributed by atoms with Crippen LogP contribution in [0.5, 0.6) is 0 Å². The standard InChI is InChI=1S/C26H30ClN3O4S/c1-19-12-14-30(35(32,33)24-11-5-9-21-15-28-16-23(27)25(21)24)17-22(19)10-6-13-29-26(31)34-18-20-7-3-2-4-8-20/h2-5,7-9,11,15-16,19,22H,6,10,12-14,17-18H2,1H3,(H,29,31). The zero-order valence-electron chi connectivity index (χ0n) is 19.7. The number of nitrogens with zero attached hydrogens (tertiary/aromatic N) is 2. The van der Waals surface area contributed by atoms with E-state index in [0.29, 0.717) is 41.3 Å². The van der Waals surface area contributed by atoms with E-state index in [4.69, 9.17) is 16.3 Å². The van der Waals surface area contributed by atoms with Crippen molar-refractivity contribution >= 4 is 38.5 Å². The van der Waals surface area contributed by atoms with Gasteiger partial charge in [-0.25, -0.2) is 13.2 Å². The second-order valence-corrected chi connectivity index (χ2v) is 11.3. The van der Waals surface area contributed by atoms with E-state index in [2.05, 4.69) is 17.2 Å². The van der Waals surface area contributed by atoms with Crippen LogP contribution in [-0.4, -0.2) is 43.4 Å². The number of rotatable bonds is 8. The Balaban J connectivity index is 1.33. The molecule has 186 valence electrons. The highest BCUT2D eigenvalue weighted by Crippen LogP contribution is 2.34. The summed E-state index contributed by atoms with van der Waals surface area (Å²) >= 11 is 6.34. The van der Waals surface area contributed by atoms with Crippen LogP contribution in [0.2, 0.25) is 5.02 Å². The van der Waals surface area contributed by atoms with Gasteiger partial charge in [0.05, 0.1) is 9.92 Å². The minimum absolute atomic E-state index is 0.202. The molecule has 1 fully saturated rings. The van der Waals surface area contributed by atoms with Crippen LogP contribution in [0.4, 0.5) is 4.79 Å². The lowest BCUT2D eigenvalue weighted by atomic mass is 9.85. The van der Waals surface area contributed by atoms with Gasteiger partial charge in [0.1, 0.15) is 6.61 Å². The molecule has 0 saturated carbocycles. The Morgan fingerprint density at radius 3 is 2.77 bits per heavy atom. The molecule has 2 heterocycles. The van der Waals surface area contributed by atoms with Crippen LogP contribution in [0, 0.1) is 11.8 Å². The molecule has 1 amide bonds. The van der Waals surface area contributed by atoms with E-state index in [9.17, 15) is 13.2 Å². The van der Waals surface area contributed by atoms with Crippen LogP contribution in [0.3, 0.4) is 0 Å². The van der Waals surface area contributed by atoms with Crippen LogP contribution in [0.1, 0.15) is 31.7 Å². The summed E-state index contributed by atoms with van der Waals surface area (Å²) in [6.45, 7) is 3.80. The Hall–Kier alpha value is -2.68. The molecule has 1 aliphatic heterocycles. The molecule has 3 aromatic rings. The first-order valence-electron chi connectivity index (χ1n) is 11.8. The third-order valence-corrected chi connectivity index (χ3v) is 8.82. The Morgan fingerprint density at radius 2 is 1.97 bits per heavy atom. The molecule has 4 rings (SSSR count). The number of ether oxygens (including phenoxy) is 1. The molecular formula is C26H30ClN3O4S. The maximum atomic E-state index is 13.6. The SMILES string of the molecule is CC1CCN(S(=O)(=O)c2cccc3cncc(Cl)c23)CC1CCCNC(=O)OCc1ccccc1. The number of hydrogen-bond donors (Lipinski definition) is 1. The van der Waals surface area contributed by atoms with Gasteiger partial charge in [-0.1, -0.05) is 61.0 Å². The van der Waals surface area contributed by atoms with Crippen molar-refractivity contribution in [1.82, 2.24) is 14.6 Å². The molecule has 0 spiro atoms. The van der Waals surface area contributed by atoms with Gasteiger partial charge in [0, 0.05) is 42.8 Å². The molecule has 35 heavy (non-hydrogen) atoms. The molecule has 0 radical (unpaired) electrons. The zero-order chi connectivity index (χ0) is 24.8. The van der Waals surface area contributed by atoms with E-state index < -0.39 is 16.1 Å². The third-order valence-electron chi connectivity index (χ3n) is 6.63. The smallest absolute Gasteiger partial charge is 0.407 e. The molecule has 7 nitrogen and oxygen atoms in total. The predicted molar refractivity (Wildman–Crippen MR) is 137 cm³/mol. The number of fused-ring (bicyclic) bond motifs is 1. The molecule has 1 N–H and O–H groups in total. The number of carbonyl (C=O) groups is 1. The molecule has 1 aliphatic rings. The fraction of sp³-hybridized carbons (Fsp3) is 0.385. The number of alkyl carbamates (subject to hydrolysis) is 1. The second-order valence-electron chi connectivity index (χ2n) is 9.00. The summed E-state index contributed by atoms with van der Waals surface area (Å²) in [5, 5.41) is 4.33. The van der Waals surface area contributed by atoms with Gasteiger partial charge in [0.25, 0.3) is 0 Å². The number of aromatic nitrogens is 1. The minimum Gasteiger partial charge on any atom is -0.445 e. The highest BCUT2D eigenvalue weighted by atomic mass is 35.5. The van der Waals surface area contributed by atoms with Crippen LogP contribution in [-0.2, 0) is 21.4 Å². The number of benzene rings is 2. The number of nitrogens with one attached hydrogen (secondary N) is 1. The number of pyridine rings is 1. The van der Waals surface area contributed by atoms with Gasteiger partial charge in [-0.3, -0.25) is 4.98 Å². The minimum atomic E-state index is -3.71. The molecule has 1 aromatic heterocycles. The van der Waals surface area contributed by atoms with E-state index in [1.165, 1.54) is 6.20 Å². The molecule has 2 aromatic carbocycles. The lowest BCUT2D eigenvalue weighted by Crippen LogP contribution is -2.43. The summed E-state index contributed by atoms with van der Waals surface area (Å²) in [7, 11) is -3.71. The van der Waals surface area contributed by atoms with E-state index in [1.807, 2.05) is 36.4 Å². The molecule has 0 aliphatic carbocycles. The van der Waals surface area contributed by atoms with E-state index in [-0.39, 0.29) is 17.4 Å². The number of piperidine rings is 1. The van der Waals surface area contributed by atoms with E-state index in [0.717, 1.165) is 24.8 Å². The van der Waals surface area contributed by atoms with Crippen molar-refractivity contribution in [2.24, 2.45) is 11.8 Å². The van der Waals surface area contributed by atoms with E-state index >= 15 is 0 Å². The summed E-state index contributed by atoms with van der Waals surface area (Å²) < 4.78 is 34.0. The average Bonchev–Trinajstić information content (AvgIpc) is 2.86. The second kappa shape index (κ2) is 11.4. The fourth-order valence-electron chi connectivity index (χ4n) is 4.55. The highest BCUT2D eigenvalue weighted by molar-refractivity contribution is 7.89. The Kier molecular flexibility index (Phi) is 8.26. The van der Waals surface area contributed by atoms with E-state index in [1.54, 1.807) is 22.6 Å². The first-order valence-corrected chi connectivity index (χ1v) is 13.6. The van der Waals surface area contributed by atoms with Crippen molar-refractivity contribution in [2.75, 3.05) is 19.6 Å². The van der Waals surface area contributed by atoms with Crippen LogP contribution in [0.25, 0.3) is 10.8 Å². The van der Waals surface area contributed by atoms with Crippen LogP contribution in [0.15, 0.2) is 65.8 Å². The summed E-state index contributed by atoms with van der Waals surface area (Å²) in [5.74, 6) is 0.597.